The van der Waals surface area contributed by atoms with Crippen LogP contribution in [0.5, 0.6) is 0 Å². The first-order valence-corrected chi connectivity index (χ1v) is 12.3. The van der Waals surface area contributed by atoms with Gasteiger partial charge in [0, 0.05) is 13.0 Å². The molecular formula is C22H28N2O4S. The van der Waals surface area contributed by atoms with E-state index in [9.17, 15) is 13.2 Å². The average molecular weight is 417 g/mol. The minimum atomic E-state index is -3.55. The third-order valence-corrected chi connectivity index (χ3v) is 6.66. The molecule has 1 amide bonds. The summed E-state index contributed by atoms with van der Waals surface area (Å²) in [6.45, 7) is 0.561. The monoisotopic (exact) mass is 416 g/mol. The van der Waals surface area contributed by atoms with Crippen LogP contribution in [0.25, 0.3) is 0 Å². The lowest BCUT2D eigenvalue weighted by atomic mass is 9.80. The Labute approximate surface area is 172 Å². The van der Waals surface area contributed by atoms with Crippen LogP contribution in [0.1, 0.15) is 62.0 Å². The van der Waals surface area contributed by atoms with E-state index in [2.05, 4.69) is 22.6 Å². The topological polar surface area (TPSA) is 76.0 Å². The number of hydrogen-bond acceptors (Lipinski definition) is 4. The summed E-state index contributed by atoms with van der Waals surface area (Å²) in [6.07, 6.45) is 9.10. The number of hydrogen-bond donors (Lipinski definition) is 0. The van der Waals surface area contributed by atoms with Crippen molar-refractivity contribution in [3.05, 3.63) is 47.4 Å². The standard InChI is InChI=1S/C22H28N2O4S/c1-29(26,27)23-20-7-4-14-24-21(20)15-28-18-11-8-17(9-12-18)19-6-3-2-5-16(19)10-13-22(24)25/h2-3,5-6,15,17-18H,4,7-14H2,1H3/b21-15-,23-20+. The number of sulfonamides is 1. The van der Waals surface area contributed by atoms with E-state index in [4.69, 9.17) is 4.74 Å². The number of fused-ring (bicyclic) bond motifs is 5. The van der Waals surface area contributed by atoms with E-state index >= 15 is 0 Å². The Morgan fingerprint density at radius 1 is 1.07 bits per heavy atom. The van der Waals surface area contributed by atoms with Crippen molar-refractivity contribution in [3.63, 3.8) is 0 Å². The Balaban J connectivity index is 1.70. The highest BCUT2D eigenvalue weighted by Crippen LogP contribution is 2.37. The van der Waals surface area contributed by atoms with Gasteiger partial charge >= 0.3 is 0 Å². The van der Waals surface area contributed by atoms with Crippen LogP contribution in [0.15, 0.2) is 40.6 Å². The number of nitrogens with zero attached hydrogens (tertiary/aromatic N) is 2. The molecule has 0 atom stereocenters. The number of benzene rings is 1. The quantitative estimate of drug-likeness (QED) is 0.702. The van der Waals surface area contributed by atoms with Crippen LogP contribution in [0.3, 0.4) is 0 Å². The SMILES string of the molecule is CS(=O)(=O)/N=C1CCCN2C(=O)CCc3ccccc3C3CCC(CC3)O\C=C\12. The minimum absolute atomic E-state index is 0.0119. The van der Waals surface area contributed by atoms with Gasteiger partial charge in [-0.2, -0.15) is 4.40 Å². The fourth-order valence-corrected chi connectivity index (χ4v) is 5.28. The molecule has 156 valence electrons. The summed E-state index contributed by atoms with van der Waals surface area (Å²) in [7, 11) is -3.55. The maximum absolute atomic E-state index is 13.1. The summed E-state index contributed by atoms with van der Waals surface area (Å²) in [5.41, 5.74) is 3.55. The van der Waals surface area contributed by atoms with E-state index in [1.807, 2.05) is 6.07 Å². The van der Waals surface area contributed by atoms with Gasteiger partial charge in [-0.15, -0.1) is 0 Å². The molecule has 5 rings (SSSR count). The van der Waals surface area contributed by atoms with E-state index in [1.54, 1.807) is 11.2 Å². The van der Waals surface area contributed by atoms with E-state index in [1.165, 1.54) is 11.1 Å². The van der Waals surface area contributed by atoms with Gasteiger partial charge in [-0.25, -0.2) is 8.42 Å². The number of allylic oxidation sites excluding steroid dienone is 1. The summed E-state index contributed by atoms with van der Waals surface area (Å²) in [5, 5.41) is 0. The molecule has 0 unspecified atom stereocenters. The van der Waals surface area contributed by atoms with Crippen molar-refractivity contribution in [2.24, 2.45) is 4.40 Å². The molecule has 3 aliphatic heterocycles. The predicted octanol–water partition coefficient (Wildman–Crippen LogP) is 3.54. The lowest BCUT2D eigenvalue weighted by Crippen LogP contribution is -2.39. The summed E-state index contributed by atoms with van der Waals surface area (Å²) in [5.74, 6) is 0.502. The summed E-state index contributed by atoms with van der Waals surface area (Å²) in [4.78, 5) is 14.7. The Morgan fingerprint density at radius 3 is 2.59 bits per heavy atom. The first kappa shape index (κ1) is 20.1. The molecule has 1 saturated heterocycles. The lowest BCUT2D eigenvalue weighted by Gasteiger charge is -2.31. The Hall–Kier alpha value is -2.15. The zero-order chi connectivity index (χ0) is 20.4. The van der Waals surface area contributed by atoms with Gasteiger partial charge in [-0.1, -0.05) is 24.3 Å². The van der Waals surface area contributed by atoms with Crippen molar-refractivity contribution in [2.75, 3.05) is 12.8 Å². The Bertz CT molecular complexity index is 943. The fraction of sp³-hybridized carbons (Fsp3) is 0.545. The first-order chi connectivity index (χ1) is 13.9. The van der Waals surface area contributed by atoms with Crippen LogP contribution in [0.2, 0.25) is 0 Å². The number of ether oxygens (including phenoxy) is 1. The average Bonchev–Trinajstić information content (AvgIpc) is 2.71. The molecule has 0 spiro atoms. The zero-order valence-corrected chi connectivity index (χ0v) is 17.7. The molecule has 3 heterocycles. The van der Waals surface area contributed by atoms with Crippen LogP contribution in [0, 0.1) is 0 Å². The van der Waals surface area contributed by atoms with Gasteiger partial charge in [0.25, 0.3) is 10.0 Å². The third-order valence-electron chi connectivity index (χ3n) is 6.11. The minimum Gasteiger partial charge on any atom is -0.496 e. The molecule has 1 saturated carbocycles. The normalized spacial score (nSPS) is 28.9. The van der Waals surface area contributed by atoms with Crippen LogP contribution in [0.4, 0.5) is 0 Å². The van der Waals surface area contributed by atoms with Gasteiger partial charge < -0.3 is 9.64 Å². The number of aryl methyl sites for hydroxylation is 1. The Kier molecular flexibility index (Phi) is 5.76. The Morgan fingerprint density at radius 2 is 1.83 bits per heavy atom. The molecule has 0 N–H and O–H groups in total. The number of amides is 1. The van der Waals surface area contributed by atoms with Crippen molar-refractivity contribution < 1.29 is 17.9 Å². The van der Waals surface area contributed by atoms with Gasteiger partial charge in [0.2, 0.25) is 5.91 Å². The van der Waals surface area contributed by atoms with Gasteiger partial charge in [0.1, 0.15) is 12.0 Å². The molecule has 7 heteroatoms. The molecule has 2 bridgehead atoms. The van der Waals surface area contributed by atoms with Gasteiger partial charge in [0.15, 0.2) is 0 Å². The maximum Gasteiger partial charge on any atom is 0.250 e. The second-order valence-electron chi connectivity index (χ2n) is 8.23. The van der Waals surface area contributed by atoms with Crippen molar-refractivity contribution in [1.82, 2.24) is 4.90 Å². The fourth-order valence-electron chi connectivity index (χ4n) is 4.70. The van der Waals surface area contributed by atoms with Crippen LogP contribution in [-0.4, -0.2) is 43.8 Å². The first-order valence-electron chi connectivity index (χ1n) is 10.4. The van der Waals surface area contributed by atoms with Crippen molar-refractivity contribution in [1.29, 1.82) is 0 Å². The maximum atomic E-state index is 13.1. The molecule has 29 heavy (non-hydrogen) atoms. The van der Waals surface area contributed by atoms with E-state index in [0.29, 0.717) is 49.6 Å². The smallest absolute Gasteiger partial charge is 0.250 e. The number of piperidine rings is 1. The molecule has 6 nitrogen and oxygen atoms in total. The second-order valence-corrected chi connectivity index (χ2v) is 9.88. The lowest BCUT2D eigenvalue weighted by molar-refractivity contribution is -0.129. The molecule has 1 aromatic rings. The largest absolute Gasteiger partial charge is 0.496 e. The van der Waals surface area contributed by atoms with Gasteiger partial charge in [-0.05, 0) is 62.0 Å². The highest BCUT2D eigenvalue weighted by molar-refractivity contribution is 7.89. The van der Waals surface area contributed by atoms with Crippen LogP contribution in [-0.2, 0) is 26.0 Å². The number of carbonyl (C=O) groups excluding carboxylic acids is 1. The van der Waals surface area contributed by atoms with Gasteiger partial charge in [-0.3, -0.25) is 4.79 Å². The van der Waals surface area contributed by atoms with E-state index in [0.717, 1.165) is 31.9 Å². The van der Waals surface area contributed by atoms with E-state index in [-0.39, 0.29) is 12.0 Å². The van der Waals surface area contributed by atoms with Crippen LogP contribution >= 0.6 is 0 Å². The summed E-state index contributed by atoms with van der Waals surface area (Å²) >= 11 is 0. The van der Waals surface area contributed by atoms with E-state index < -0.39 is 10.0 Å². The summed E-state index contributed by atoms with van der Waals surface area (Å²) < 4.78 is 33.5. The van der Waals surface area contributed by atoms with Crippen molar-refractivity contribution in [2.45, 2.75) is 63.4 Å². The molecule has 0 aromatic heterocycles. The molecule has 1 aromatic carbocycles. The predicted molar refractivity (Wildman–Crippen MR) is 112 cm³/mol. The number of carbonyl (C=O) groups is 1. The summed E-state index contributed by atoms with van der Waals surface area (Å²) in [6, 6.07) is 8.46. The molecule has 4 aliphatic rings. The van der Waals surface area contributed by atoms with Crippen LogP contribution < -0.4 is 0 Å². The second kappa shape index (κ2) is 8.30. The van der Waals surface area contributed by atoms with Gasteiger partial charge in [0.05, 0.1) is 18.1 Å². The molecule has 1 aliphatic carbocycles. The van der Waals surface area contributed by atoms with Crippen molar-refractivity contribution in [3.8, 4) is 0 Å². The molecular weight excluding hydrogens is 388 g/mol. The third kappa shape index (κ3) is 4.71. The zero-order valence-electron chi connectivity index (χ0n) is 16.8. The molecule has 0 radical (unpaired) electrons. The number of rotatable bonds is 1. The van der Waals surface area contributed by atoms with Crippen molar-refractivity contribution >= 4 is 21.6 Å². The highest BCUT2D eigenvalue weighted by atomic mass is 32.2. The molecule has 2 fully saturated rings. The highest BCUT2D eigenvalue weighted by Gasteiger charge is 2.30.